The highest BCUT2D eigenvalue weighted by atomic mass is 32.1. The van der Waals surface area contributed by atoms with Gasteiger partial charge in [0.25, 0.3) is 0 Å². The number of nitrogens with zero attached hydrogens (tertiary/aromatic N) is 2. The van der Waals surface area contributed by atoms with E-state index in [1.54, 1.807) is 17.5 Å². The Balaban J connectivity index is 1.53. The van der Waals surface area contributed by atoms with E-state index in [-0.39, 0.29) is 6.61 Å². The predicted octanol–water partition coefficient (Wildman–Crippen LogP) is 2.67. The molecule has 3 aromatic rings. The van der Waals surface area contributed by atoms with Crippen LogP contribution in [0.2, 0.25) is 0 Å². The van der Waals surface area contributed by atoms with E-state index in [0.29, 0.717) is 13.1 Å². The highest BCUT2D eigenvalue weighted by Gasteiger charge is 2.32. The van der Waals surface area contributed by atoms with Crippen molar-refractivity contribution in [3.63, 3.8) is 0 Å². The maximum Gasteiger partial charge on any atom is 0.325 e. The molecule has 142 valence electrons. The van der Waals surface area contributed by atoms with Gasteiger partial charge in [-0.2, -0.15) is 0 Å². The molecule has 0 radical (unpaired) electrons. The van der Waals surface area contributed by atoms with Crippen molar-refractivity contribution in [2.45, 2.75) is 19.2 Å². The number of aliphatic hydroxyl groups is 1. The number of fused-ring (bicyclic) bond motifs is 1. The number of rotatable bonds is 6. The van der Waals surface area contributed by atoms with E-state index in [1.807, 2.05) is 23.1 Å². The molecule has 1 aliphatic heterocycles. The first-order valence-corrected chi connectivity index (χ1v) is 9.96. The van der Waals surface area contributed by atoms with Crippen LogP contribution in [0.3, 0.4) is 0 Å². The van der Waals surface area contributed by atoms with Crippen LogP contribution in [0.25, 0.3) is 10.9 Å². The number of aromatic nitrogens is 1. The first kappa shape index (κ1) is 18.2. The van der Waals surface area contributed by atoms with Gasteiger partial charge in [0.15, 0.2) is 0 Å². The summed E-state index contributed by atoms with van der Waals surface area (Å²) >= 11 is 1.76. The number of carbonyl (C=O) groups is 1. The Morgan fingerprint density at radius 3 is 2.70 bits per heavy atom. The third-order valence-electron chi connectivity index (χ3n) is 5.22. The summed E-state index contributed by atoms with van der Waals surface area (Å²) in [6.07, 6.45) is 1.79. The van der Waals surface area contributed by atoms with Gasteiger partial charge in [-0.15, -0.1) is 11.3 Å². The van der Waals surface area contributed by atoms with Gasteiger partial charge < -0.3 is 15.2 Å². The zero-order valence-electron chi connectivity index (χ0n) is 15.0. The fraction of sp³-hybridized carbons (Fsp3) is 0.350. The predicted molar refractivity (Wildman–Crippen MR) is 106 cm³/mol. The molecule has 1 aromatic carbocycles. The minimum atomic E-state index is -0.836. The standard InChI is InChI=1S/C20H23N3O3S/c24-13-14-3-4-18-16(10-14)17(11-21-18)19(20(25)26)23-7-5-22(6-8-23)12-15-2-1-9-27-15/h1-4,9-11,19,21,24H,5-8,12-13H2,(H,25,26)/t19-/m1/s1. The number of hydrogen-bond acceptors (Lipinski definition) is 5. The first-order chi connectivity index (χ1) is 13.2. The maximum atomic E-state index is 12.1. The lowest BCUT2D eigenvalue weighted by molar-refractivity contribution is -0.144. The van der Waals surface area contributed by atoms with E-state index < -0.39 is 12.0 Å². The molecule has 1 fully saturated rings. The van der Waals surface area contributed by atoms with Crippen molar-refractivity contribution in [3.05, 3.63) is 57.9 Å². The third-order valence-corrected chi connectivity index (χ3v) is 6.08. The number of aliphatic hydroxyl groups excluding tert-OH is 1. The molecular formula is C20H23N3O3S. The summed E-state index contributed by atoms with van der Waals surface area (Å²) in [6.45, 7) is 4.01. The number of hydrogen-bond donors (Lipinski definition) is 3. The molecule has 3 N–H and O–H groups in total. The number of piperazine rings is 1. The Labute approximate surface area is 161 Å². The Morgan fingerprint density at radius 1 is 1.22 bits per heavy atom. The quantitative estimate of drug-likeness (QED) is 0.608. The number of aliphatic carboxylic acids is 1. The lowest BCUT2D eigenvalue weighted by Gasteiger charge is -2.37. The summed E-state index contributed by atoms with van der Waals surface area (Å²) in [5, 5.41) is 22.3. The van der Waals surface area contributed by atoms with E-state index in [1.165, 1.54) is 4.88 Å². The molecule has 0 unspecified atom stereocenters. The molecule has 7 heteroatoms. The van der Waals surface area contributed by atoms with Gasteiger partial charge in [-0.3, -0.25) is 14.6 Å². The highest BCUT2D eigenvalue weighted by molar-refractivity contribution is 7.09. The van der Waals surface area contributed by atoms with Gasteiger partial charge in [-0.1, -0.05) is 12.1 Å². The normalized spacial score (nSPS) is 17.4. The van der Waals surface area contributed by atoms with E-state index in [2.05, 4.69) is 27.4 Å². The molecule has 6 nitrogen and oxygen atoms in total. The van der Waals surface area contributed by atoms with Crippen molar-refractivity contribution in [2.75, 3.05) is 26.2 Å². The molecule has 0 bridgehead atoms. The second-order valence-corrected chi connectivity index (χ2v) is 7.95. The highest BCUT2D eigenvalue weighted by Crippen LogP contribution is 2.30. The van der Waals surface area contributed by atoms with E-state index in [0.717, 1.165) is 41.7 Å². The zero-order chi connectivity index (χ0) is 18.8. The first-order valence-electron chi connectivity index (χ1n) is 9.08. The third kappa shape index (κ3) is 3.77. The van der Waals surface area contributed by atoms with Crippen LogP contribution in [-0.2, 0) is 17.9 Å². The molecular weight excluding hydrogens is 362 g/mol. The number of benzene rings is 1. The number of carboxylic acids is 1. The van der Waals surface area contributed by atoms with Crippen molar-refractivity contribution in [2.24, 2.45) is 0 Å². The molecule has 0 saturated carbocycles. The van der Waals surface area contributed by atoms with Gasteiger partial charge in [-0.05, 0) is 29.1 Å². The summed E-state index contributed by atoms with van der Waals surface area (Å²) < 4.78 is 0. The number of thiophene rings is 1. The summed E-state index contributed by atoms with van der Waals surface area (Å²) in [5.74, 6) is -0.836. The summed E-state index contributed by atoms with van der Waals surface area (Å²) in [7, 11) is 0. The fourth-order valence-corrected chi connectivity index (χ4v) is 4.55. The average Bonchev–Trinajstić information content (AvgIpc) is 3.33. The number of aromatic amines is 1. The van der Waals surface area contributed by atoms with Crippen LogP contribution in [-0.4, -0.2) is 57.1 Å². The summed E-state index contributed by atoms with van der Waals surface area (Å²) in [6, 6.07) is 9.14. The van der Waals surface area contributed by atoms with Gasteiger partial charge in [-0.25, -0.2) is 0 Å². The molecule has 0 spiro atoms. The lowest BCUT2D eigenvalue weighted by atomic mass is 10.0. The number of nitrogens with one attached hydrogen (secondary N) is 1. The average molecular weight is 385 g/mol. The molecule has 27 heavy (non-hydrogen) atoms. The molecule has 3 heterocycles. The van der Waals surface area contributed by atoms with Crippen LogP contribution in [0, 0.1) is 0 Å². The largest absolute Gasteiger partial charge is 0.480 e. The Morgan fingerprint density at radius 2 is 2.04 bits per heavy atom. The SMILES string of the molecule is O=C(O)[C@@H](c1c[nH]c2ccc(CO)cc12)N1CCN(Cc2cccs2)CC1. The van der Waals surface area contributed by atoms with Crippen LogP contribution in [0.1, 0.15) is 22.0 Å². The van der Waals surface area contributed by atoms with Crippen molar-refractivity contribution < 1.29 is 15.0 Å². The maximum absolute atomic E-state index is 12.1. The van der Waals surface area contributed by atoms with Gasteiger partial charge in [0.2, 0.25) is 0 Å². The van der Waals surface area contributed by atoms with Crippen molar-refractivity contribution in [1.29, 1.82) is 0 Å². The fourth-order valence-electron chi connectivity index (χ4n) is 3.80. The lowest BCUT2D eigenvalue weighted by Crippen LogP contribution is -2.48. The number of H-pyrrole nitrogens is 1. The summed E-state index contributed by atoms with van der Waals surface area (Å²) in [4.78, 5) is 21.0. The molecule has 1 saturated heterocycles. The van der Waals surface area contributed by atoms with Crippen LogP contribution in [0.5, 0.6) is 0 Å². The Kier molecular flexibility index (Phi) is 5.27. The van der Waals surface area contributed by atoms with Crippen molar-refractivity contribution >= 4 is 28.2 Å². The van der Waals surface area contributed by atoms with Gasteiger partial charge >= 0.3 is 5.97 Å². The smallest absolute Gasteiger partial charge is 0.325 e. The molecule has 4 rings (SSSR count). The van der Waals surface area contributed by atoms with Gasteiger partial charge in [0.05, 0.1) is 6.61 Å². The van der Waals surface area contributed by atoms with E-state index in [4.69, 9.17) is 0 Å². The van der Waals surface area contributed by atoms with Gasteiger partial charge in [0, 0.05) is 60.3 Å². The monoisotopic (exact) mass is 385 g/mol. The van der Waals surface area contributed by atoms with Crippen molar-refractivity contribution in [3.8, 4) is 0 Å². The number of carboxylic acid groups (broad SMARTS) is 1. The minimum absolute atomic E-state index is 0.0559. The Bertz CT molecular complexity index is 914. The zero-order valence-corrected chi connectivity index (χ0v) is 15.8. The van der Waals surface area contributed by atoms with Crippen LogP contribution in [0.15, 0.2) is 41.9 Å². The van der Waals surface area contributed by atoms with Crippen molar-refractivity contribution in [1.82, 2.24) is 14.8 Å². The van der Waals surface area contributed by atoms with Crippen LogP contribution in [0.4, 0.5) is 0 Å². The molecule has 2 aromatic heterocycles. The van der Waals surface area contributed by atoms with Crippen LogP contribution < -0.4 is 0 Å². The second kappa shape index (κ2) is 7.82. The second-order valence-electron chi connectivity index (χ2n) is 6.91. The molecule has 0 amide bonds. The minimum Gasteiger partial charge on any atom is -0.480 e. The van der Waals surface area contributed by atoms with E-state index in [9.17, 15) is 15.0 Å². The molecule has 0 aliphatic carbocycles. The van der Waals surface area contributed by atoms with E-state index >= 15 is 0 Å². The summed E-state index contributed by atoms with van der Waals surface area (Å²) in [5.41, 5.74) is 2.44. The molecule has 1 aliphatic rings. The van der Waals surface area contributed by atoms with Gasteiger partial charge in [0.1, 0.15) is 6.04 Å². The topological polar surface area (TPSA) is 79.8 Å². The molecule has 1 atom stereocenters. The Hall–Kier alpha value is -2.19. The van der Waals surface area contributed by atoms with Crippen LogP contribution >= 0.6 is 11.3 Å².